The van der Waals surface area contributed by atoms with Gasteiger partial charge in [0.25, 0.3) is 0 Å². The molecule has 1 aliphatic rings. The molecule has 0 aromatic carbocycles. The lowest BCUT2D eigenvalue weighted by Gasteiger charge is -2.34. The fourth-order valence-corrected chi connectivity index (χ4v) is 1.85. The van der Waals surface area contributed by atoms with Gasteiger partial charge in [0.15, 0.2) is 0 Å². The van der Waals surface area contributed by atoms with Gasteiger partial charge in [0.05, 0.1) is 17.9 Å². The quantitative estimate of drug-likeness (QED) is 0.714. The highest BCUT2D eigenvalue weighted by Crippen LogP contribution is 2.33. The molecule has 4 nitrogen and oxygen atoms in total. The Labute approximate surface area is 84.5 Å². The molecule has 2 heterocycles. The molecule has 0 spiro atoms. The van der Waals surface area contributed by atoms with E-state index in [0.717, 1.165) is 36.7 Å². The van der Waals surface area contributed by atoms with E-state index in [1.165, 1.54) is 0 Å². The normalized spacial score (nSPS) is 25.6. The molecule has 0 fully saturated rings. The van der Waals surface area contributed by atoms with Crippen molar-refractivity contribution in [2.75, 3.05) is 17.6 Å². The first-order valence-corrected chi connectivity index (χ1v) is 5.12. The maximum absolute atomic E-state index is 5.91. The van der Waals surface area contributed by atoms with Crippen LogP contribution in [0.2, 0.25) is 0 Å². The fourth-order valence-electron chi connectivity index (χ4n) is 1.85. The molecule has 2 rings (SSSR count). The van der Waals surface area contributed by atoms with Gasteiger partial charge in [-0.3, -0.25) is 0 Å². The van der Waals surface area contributed by atoms with Crippen molar-refractivity contribution >= 4 is 11.5 Å². The minimum Gasteiger partial charge on any atom is -0.394 e. The second-order valence-corrected chi connectivity index (χ2v) is 4.52. The third-order valence-corrected chi connectivity index (χ3v) is 3.24. The van der Waals surface area contributed by atoms with Crippen LogP contribution in [0, 0.1) is 12.3 Å². The minimum atomic E-state index is 0.303. The van der Waals surface area contributed by atoms with Crippen molar-refractivity contribution in [3.05, 3.63) is 5.69 Å². The van der Waals surface area contributed by atoms with Gasteiger partial charge in [-0.15, -0.1) is 0 Å². The van der Waals surface area contributed by atoms with Crippen LogP contribution in [0.5, 0.6) is 0 Å². The zero-order valence-corrected chi connectivity index (χ0v) is 9.09. The Kier molecular flexibility index (Phi) is 1.94. The van der Waals surface area contributed by atoms with Gasteiger partial charge in [0.2, 0.25) is 0 Å². The maximum Gasteiger partial charge on any atom is 0.148 e. The predicted molar refractivity (Wildman–Crippen MR) is 58.3 cm³/mol. The molecule has 0 radical (unpaired) electrons. The zero-order valence-electron chi connectivity index (χ0n) is 9.09. The van der Waals surface area contributed by atoms with Gasteiger partial charge in [-0.1, -0.05) is 13.8 Å². The van der Waals surface area contributed by atoms with Crippen molar-refractivity contribution in [1.29, 1.82) is 0 Å². The van der Waals surface area contributed by atoms with E-state index >= 15 is 0 Å². The highest BCUT2D eigenvalue weighted by atomic mass is 15.4. The van der Waals surface area contributed by atoms with E-state index in [1.807, 2.05) is 11.6 Å². The molecular formula is C10H18N4. The van der Waals surface area contributed by atoms with Crippen LogP contribution in [0.4, 0.5) is 11.5 Å². The molecule has 0 saturated heterocycles. The third kappa shape index (κ3) is 1.25. The van der Waals surface area contributed by atoms with Gasteiger partial charge >= 0.3 is 0 Å². The second kappa shape index (κ2) is 2.90. The SMILES string of the molecule is CCC1(C)CNc2c(N)c(C)nn2C1. The Balaban J connectivity index is 2.36. The molecule has 1 aromatic heterocycles. The average Bonchev–Trinajstić information content (AvgIpc) is 2.42. The molecule has 14 heavy (non-hydrogen) atoms. The number of nitrogen functional groups attached to an aromatic ring is 1. The molecule has 1 aliphatic heterocycles. The van der Waals surface area contributed by atoms with Crippen LogP contribution in [0.15, 0.2) is 0 Å². The third-order valence-electron chi connectivity index (χ3n) is 3.24. The highest BCUT2D eigenvalue weighted by Gasteiger charge is 2.30. The first-order valence-electron chi connectivity index (χ1n) is 5.12. The molecule has 1 atom stereocenters. The first-order chi connectivity index (χ1) is 6.56. The number of aryl methyl sites for hydroxylation is 1. The number of nitrogens with zero attached hydrogens (tertiary/aromatic N) is 2. The summed E-state index contributed by atoms with van der Waals surface area (Å²) in [6.45, 7) is 8.39. The van der Waals surface area contributed by atoms with Crippen molar-refractivity contribution in [3.63, 3.8) is 0 Å². The van der Waals surface area contributed by atoms with Gasteiger partial charge in [0, 0.05) is 12.0 Å². The van der Waals surface area contributed by atoms with Crippen molar-refractivity contribution < 1.29 is 0 Å². The number of nitrogens with two attached hydrogens (primary N) is 1. The van der Waals surface area contributed by atoms with Crippen molar-refractivity contribution in [2.45, 2.75) is 33.7 Å². The predicted octanol–water partition coefficient (Wildman–Crippen LogP) is 1.62. The Bertz CT molecular complexity index is 355. The Morgan fingerprint density at radius 2 is 2.36 bits per heavy atom. The highest BCUT2D eigenvalue weighted by molar-refractivity contribution is 5.65. The number of hydrogen-bond donors (Lipinski definition) is 2. The largest absolute Gasteiger partial charge is 0.394 e. The lowest BCUT2D eigenvalue weighted by molar-refractivity contribution is 0.252. The summed E-state index contributed by atoms with van der Waals surface area (Å²) in [4.78, 5) is 0. The molecule has 1 unspecified atom stereocenters. The van der Waals surface area contributed by atoms with Crippen molar-refractivity contribution in [2.24, 2.45) is 5.41 Å². The molecule has 1 aromatic rings. The molecular weight excluding hydrogens is 176 g/mol. The Hall–Kier alpha value is -1.19. The van der Waals surface area contributed by atoms with Crippen LogP contribution in [0.3, 0.4) is 0 Å². The summed E-state index contributed by atoms with van der Waals surface area (Å²) in [6.07, 6.45) is 1.15. The summed E-state index contributed by atoms with van der Waals surface area (Å²) in [7, 11) is 0. The minimum absolute atomic E-state index is 0.303. The lowest BCUT2D eigenvalue weighted by Crippen LogP contribution is -2.36. The van der Waals surface area contributed by atoms with E-state index in [0.29, 0.717) is 5.41 Å². The summed E-state index contributed by atoms with van der Waals surface area (Å²) in [5.41, 5.74) is 7.93. The summed E-state index contributed by atoms with van der Waals surface area (Å²) in [5.74, 6) is 0.994. The molecule has 0 bridgehead atoms. The molecule has 0 saturated carbocycles. The summed E-state index contributed by atoms with van der Waals surface area (Å²) in [6, 6.07) is 0. The van der Waals surface area contributed by atoms with Crippen molar-refractivity contribution in [1.82, 2.24) is 9.78 Å². The van der Waals surface area contributed by atoms with Gasteiger partial charge in [-0.05, 0) is 13.3 Å². The number of rotatable bonds is 1. The molecule has 4 heteroatoms. The van der Waals surface area contributed by atoms with E-state index in [2.05, 4.69) is 24.3 Å². The van der Waals surface area contributed by atoms with Gasteiger partial charge in [0.1, 0.15) is 5.82 Å². The van der Waals surface area contributed by atoms with Gasteiger partial charge in [-0.25, -0.2) is 4.68 Å². The van der Waals surface area contributed by atoms with E-state index in [4.69, 9.17) is 5.73 Å². The fraction of sp³-hybridized carbons (Fsp3) is 0.700. The standard InChI is InChI=1S/C10H18N4/c1-4-10(3)5-12-9-8(11)7(2)13-14(9)6-10/h12H,4-6,11H2,1-3H3. The van der Waals surface area contributed by atoms with E-state index in [1.54, 1.807) is 0 Å². The summed E-state index contributed by atoms with van der Waals surface area (Å²) in [5, 5.41) is 7.79. The smallest absolute Gasteiger partial charge is 0.148 e. The number of aromatic nitrogens is 2. The second-order valence-electron chi connectivity index (χ2n) is 4.52. The molecule has 78 valence electrons. The number of anilines is 2. The van der Waals surface area contributed by atoms with Crippen LogP contribution < -0.4 is 11.1 Å². The zero-order chi connectivity index (χ0) is 10.3. The van der Waals surface area contributed by atoms with Crippen LogP contribution in [0.1, 0.15) is 26.0 Å². The maximum atomic E-state index is 5.91. The first kappa shape index (κ1) is 9.37. The van der Waals surface area contributed by atoms with E-state index in [-0.39, 0.29) is 0 Å². The number of fused-ring (bicyclic) bond motifs is 1. The lowest BCUT2D eigenvalue weighted by atomic mass is 9.86. The summed E-state index contributed by atoms with van der Waals surface area (Å²) >= 11 is 0. The van der Waals surface area contributed by atoms with Crippen molar-refractivity contribution in [3.8, 4) is 0 Å². The monoisotopic (exact) mass is 194 g/mol. The van der Waals surface area contributed by atoms with E-state index in [9.17, 15) is 0 Å². The molecule has 3 N–H and O–H groups in total. The van der Waals surface area contributed by atoms with Gasteiger partial charge in [-0.2, -0.15) is 5.10 Å². The summed E-state index contributed by atoms with van der Waals surface area (Å²) < 4.78 is 2.00. The number of hydrogen-bond acceptors (Lipinski definition) is 3. The van der Waals surface area contributed by atoms with Gasteiger partial charge < -0.3 is 11.1 Å². The Morgan fingerprint density at radius 3 is 3.00 bits per heavy atom. The van der Waals surface area contributed by atoms with E-state index < -0.39 is 0 Å². The van der Waals surface area contributed by atoms with Crippen LogP contribution >= 0.6 is 0 Å². The number of nitrogens with one attached hydrogen (secondary N) is 1. The Morgan fingerprint density at radius 1 is 1.64 bits per heavy atom. The average molecular weight is 194 g/mol. The molecule has 0 aliphatic carbocycles. The van der Waals surface area contributed by atoms with Crippen LogP contribution in [0.25, 0.3) is 0 Å². The van der Waals surface area contributed by atoms with Crippen LogP contribution in [-0.2, 0) is 6.54 Å². The van der Waals surface area contributed by atoms with Crippen LogP contribution in [-0.4, -0.2) is 16.3 Å². The topological polar surface area (TPSA) is 55.9 Å². The molecule has 0 amide bonds.